The molecule has 0 atom stereocenters. The zero-order chi connectivity index (χ0) is 10.5. The second kappa shape index (κ2) is 5.34. The van der Waals surface area contributed by atoms with E-state index in [1.165, 1.54) is 69.4 Å². The minimum Gasteiger partial charge on any atom is -0.332 e. The Bertz CT molecular complexity index is 301. The van der Waals surface area contributed by atoms with Gasteiger partial charge in [0.25, 0.3) is 0 Å². The maximum Gasteiger partial charge on any atom is 0.108 e. The summed E-state index contributed by atoms with van der Waals surface area (Å²) in [7, 11) is 0. The van der Waals surface area contributed by atoms with Gasteiger partial charge in [-0.3, -0.25) is 0 Å². The van der Waals surface area contributed by atoms with E-state index in [1.54, 1.807) is 0 Å². The van der Waals surface area contributed by atoms with Gasteiger partial charge in [0.2, 0.25) is 0 Å². The van der Waals surface area contributed by atoms with Gasteiger partial charge < -0.3 is 4.57 Å². The van der Waals surface area contributed by atoms with Crippen LogP contribution < -0.4 is 0 Å². The van der Waals surface area contributed by atoms with Crippen LogP contribution in [0.15, 0.2) is 6.20 Å². The van der Waals surface area contributed by atoms with Crippen molar-refractivity contribution in [1.82, 2.24) is 9.55 Å². The summed E-state index contributed by atoms with van der Waals surface area (Å²) < 4.78 is 2.42. The van der Waals surface area contributed by atoms with Gasteiger partial charge in [0.1, 0.15) is 5.82 Å². The highest BCUT2D eigenvalue weighted by molar-refractivity contribution is 5.03. The SMILES string of the molecule is Cc1cnc2n1CCCCCCCCC2. The molecule has 1 aromatic heterocycles. The lowest BCUT2D eigenvalue weighted by molar-refractivity contribution is 0.554. The van der Waals surface area contributed by atoms with Gasteiger partial charge in [-0.05, 0) is 19.8 Å². The molecule has 0 aliphatic carbocycles. The molecular formula is C13H22N2. The van der Waals surface area contributed by atoms with Crippen LogP contribution in [0.2, 0.25) is 0 Å². The van der Waals surface area contributed by atoms with Crippen LogP contribution in [0.25, 0.3) is 0 Å². The Labute approximate surface area is 92.7 Å². The zero-order valence-electron chi connectivity index (χ0n) is 9.84. The first-order valence-electron chi connectivity index (χ1n) is 6.39. The predicted molar refractivity (Wildman–Crippen MR) is 63.0 cm³/mol. The van der Waals surface area contributed by atoms with Crippen molar-refractivity contribution < 1.29 is 0 Å². The molecule has 0 radical (unpaired) electrons. The molecule has 0 saturated heterocycles. The molecule has 15 heavy (non-hydrogen) atoms. The lowest BCUT2D eigenvalue weighted by Crippen LogP contribution is -2.05. The number of imidazole rings is 1. The van der Waals surface area contributed by atoms with Gasteiger partial charge >= 0.3 is 0 Å². The van der Waals surface area contributed by atoms with Crippen LogP contribution in [-0.4, -0.2) is 9.55 Å². The van der Waals surface area contributed by atoms with Crippen LogP contribution in [-0.2, 0) is 13.0 Å². The monoisotopic (exact) mass is 206 g/mol. The van der Waals surface area contributed by atoms with E-state index in [-0.39, 0.29) is 0 Å². The standard InChI is InChI=1S/C13H22N2/c1-12-11-14-13-9-7-5-3-2-4-6-8-10-15(12)13/h11H,2-10H2,1H3. The van der Waals surface area contributed by atoms with Crippen molar-refractivity contribution in [2.75, 3.05) is 0 Å². The smallest absolute Gasteiger partial charge is 0.108 e. The summed E-state index contributed by atoms with van der Waals surface area (Å²) >= 11 is 0. The average molecular weight is 206 g/mol. The van der Waals surface area contributed by atoms with Gasteiger partial charge in [0, 0.05) is 24.9 Å². The third-order valence-corrected chi connectivity index (χ3v) is 3.42. The van der Waals surface area contributed by atoms with Crippen LogP contribution in [0.1, 0.15) is 56.5 Å². The Hall–Kier alpha value is -0.790. The normalized spacial score (nSPS) is 19.3. The summed E-state index contributed by atoms with van der Waals surface area (Å²) in [6.07, 6.45) is 12.9. The Balaban J connectivity index is 2.06. The summed E-state index contributed by atoms with van der Waals surface area (Å²) in [5, 5.41) is 0. The number of fused-ring (bicyclic) bond motifs is 1. The van der Waals surface area contributed by atoms with Crippen LogP contribution in [0.5, 0.6) is 0 Å². The molecule has 84 valence electrons. The lowest BCUT2D eigenvalue weighted by Gasteiger charge is -2.08. The minimum absolute atomic E-state index is 1.17. The molecule has 2 heterocycles. The van der Waals surface area contributed by atoms with E-state index in [1.807, 2.05) is 6.20 Å². The molecule has 0 aromatic carbocycles. The summed E-state index contributed by atoms with van der Waals surface area (Å²) in [4.78, 5) is 4.52. The zero-order valence-corrected chi connectivity index (χ0v) is 9.84. The molecule has 1 aliphatic heterocycles. The molecule has 0 bridgehead atoms. The van der Waals surface area contributed by atoms with Crippen molar-refractivity contribution in [3.05, 3.63) is 17.7 Å². The molecule has 0 N–H and O–H groups in total. The molecule has 0 amide bonds. The maximum absolute atomic E-state index is 4.52. The molecule has 0 fully saturated rings. The first kappa shape index (κ1) is 10.7. The Morgan fingerprint density at radius 2 is 1.67 bits per heavy atom. The fourth-order valence-corrected chi connectivity index (χ4v) is 2.45. The highest BCUT2D eigenvalue weighted by Gasteiger charge is 2.07. The fourth-order valence-electron chi connectivity index (χ4n) is 2.45. The largest absolute Gasteiger partial charge is 0.332 e. The van der Waals surface area contributed by atoms with Crippen molar-refractivity contribution in [2.45, 2.75) is 64.8 Å². The lowest BCUT2D eigenvalue weighted by atomic mass is 10.1. The first-order chi connectivity index (χ1) is 7.38. The number of hydrogen-bond donors (Lipinski definition) is 0. The van der Waals surface area contributed by atoms with E-state index in [0.717, 1.165) is 0 Å². The third-order valence-electron chi connectivity index (χ3n) is 3.42. The molecule has 0 saturated carbocycles. The summed E-state index contributed by atoms with van der Waals surface area (Å²) in [5.74, 6) is 1.31. The molecule has 2 heteroatoms. The van der Waals surface area contributed by atoms with Crippen LogP contribution >= 0.6 is 0 Å². The number of aryl methyl sites for hydroxylation is 2. The van der Waals surface area contributed by atoms with E-state index in [9.17, 15) is 0 Å². The van der Waals surface area contributed by atoms with Crippen LogP contribution in [0.4, 0.5) is 0 Å². The first-order valence-corrected chi connectivity index (χ1v) is 6.39. The van der Waals surface area contributed by atoms with Crippen LogP contribution in [0.3, 0.4) is 0 Å². The quantitative estimate of drug-likeness (QED) is 0.635. The minimum atomic E-state index is 1.17. The topological polar surface area (TPSA) is 17.8 Å². The highest BCUT2D eigenvalue weighted by atomic mass is 15.1. The number of rotatable bonds is 0. The summed E-state index contributed by atoms with van der Waals surface area (Å²) in [6.45, 7) is 3.36. The van der Waals surface area contributed by atoms with E-state index >= 15 is 0 Å². The number of hydrogen-bond acceptors (Lipinski definition) is 1. The molecule has 1 aliphatic rings. The van der Waals surface area contributed by atoms with Gasteiger partial charge in [-0.1, -0.05) is 32.1 Å². The van der Waals surface area contributed by atoms with E-state index in [2.05, 4.69) is 16.5 Å². The molecule has 0 unspecified atom stereocenters. The second-order valence-corrected chi connectivity index (χ2v) is 4.69. The van der Waals surface area contributed by atoms with Gasteiger partial charge in [-0.15, -0.1) is 0 Å². The van der Waals surface area contributed by atoms with Crippen molar-refractivity contribution in [3.63, 3.8) is 0 Å². The third kappa shape index (κ3) is 2.83. The van der Waals surface area contributed by atoms with Crippen molar-refractivity contribution in [3.8, 4) is 0 Å². The molecule has 0 spiro atoms. The van der Waals surface area contributed by atoms with E-state index in [4.69, 9.17) is 0 Å². The second-order valence-electron chi connectivity index (χ2n) is 4.69. The molecular weight excluding hydrogens is 184 g/mol. The van der Waals surface area contributed by atoms with E-state index in [0.29, 0.717) is 0 Å². The number of aromatic nitrogens is 2. The Morgan fingerprint density at radius 3 is 2.47 bits per heavy atom. The maximum atomic E-state index is 4.52. The molecule has 2 rings (SSSR count). The fraction of sp³-hybridized carbons (Fsp3) is 0.769. The average Bonchev–Trinajstić information content (AvgIpc) is 2.56. The Kier molecular flexibility index (Phi) is 3.81. The Morgan fingerprint density at radius 1 is 1.00 bits per heavy atom. The van der Waals surface area contributed by atoms with E-state index < -0.39 is 0 Å². The number of nitrogens with zero attached hydrogens (tertiary/aromatic N) is 2. The van der Waals surface area contributed by atoms with Gasteiger partial charge in [0.05, 0.1) is 0 Å². The summed E-state index contributed by atoms with van der Waals surface area (Å²) in [5.41, 5.74) is 1.34. The van der Waals surface area contributed by atoms with Gasteiger partial charge in [-0.2, -0.15) is 0 Å². The highest BCUT2D eigenvalue weighted by Crippen LogP contribution is 2.15. The summed E-state index contributed by atoms with van der Waals surface area (Å²) in [6, 6.07) is 0. The molecule has 1 aromatic rings. The van der Waals surface area contributed by atoms with Crippen LogP contribution in [0, 0.1) is 6.92 Å². The van der Waals surface area contributed by atoms with Gasteiger partial charge in [-0.25, -0.2) is 4.98 Å². The van der Waals surface area contributed by atoms with Crippen molar-refractivity contribution >= 4 is 0 Å². The predicted octanol–water partition coefficient (Wildman–Crippen LogP) is 3.48. The van der Waals surface area contributed by atoms with Gasteiger partial charge in [0.15, 0.2) is 0 Å². The molecule has 2 nitrogen and oxygen atoms in total. The van der Waals surface area contributed by atoms with Crippen molar-refractivity contribution in [2.24, 2.45) is 0 Å². The van der Waals surface area contributed by atoms with Crippen molar-refractivity contribution in [1.29, 1.82) is 0 Å².